The zero-order chi connectivity index (χ0) is 10.4. The molecule has 0 aliphatic heterocycles. The van der Waals surface area contributed by atoms with Crippen molar-refractivity contribution in [3.05, 3.63) is 35.4 Å². The number of hydrogen-bond donors (Lipinski definition) is 2. The summed E-state index contributed by atoms with van der Waals surface area (Å²) < 4.78 is 4.97. The summed E-state index contributed by atoms with van der Waals surface area (Å²) in [5.41, 5.74) is 7.44. The number of benzene rings is 1. The molecule has 0 atom stereocenters. The van der Waals surface area contributed by atoms with Gasteiger partial charge >= 0.3 is 5.97 Å². The lowest BCUT2D eigenvalue weighted by Crippen LogP contribution is -2.08. The Balaban J connectivity index is 2.53. The van der Waals surface area contributed by atoms with Gasteiger partial charge in [-0.15, -0.1) is 0 Å². The summed E-state index contributed by atoms with van der Waals surface area (Å²) in [6, 6.07) is 7.55. The molecule has 1 aromatic rings. The molecule has 0 unspecified atom stereocenters. The summed E-state index contributed by atoms with van der Waals surface area (Å²) in [6.07, 6.45) is 0. The van der Waals surface area contributed by atoms with Gasteiger partial charge in [0.05, 0.1) is 6.61 Å². The van der Waals surface area contributed by atoms with Crippen molar-refractivity contribution < 1.29 is 14.6 Å². The largest absolute Gasteiger partial charge is 0.480 e. The molecule has 0 fully saturated rings. The van der Waals surface area contributed by atoms with E-state index in [1.54, 1.807) is 0 Å². The molecule has 4 nitrogen and oxygen atoms in total. The number of aliphatic carboxylic acids is 1. The summed E-state index contributed by atoms with van der Waals surface area (Å²) in [7, 11) is 0. The minimum absolute atomic E-state index is 0.279. The number of carbonyl (C=O) groups is 1. The third kappa shape index (κ3) is 3.16. The Morgan fingerprint density at radius 1 is 1.36 bits per heavy atom. The Hall–Kier alpha value is -1.39. The highest BCUT2D eigenvalue weighted by Gasteiger charge is 2.01. The van der Waals surface area contributed by atoms with E-state index in [1.165, 1.54) is 0 Å². The van der Waals surface area contributed by atoms with Crippen LogP contribution in [0.5, 0.6) is 0 Å². The first-order valence-electron chi connectivity index (χ1n) is 4.30. The highest BCUT2D eigenvalue weighted by Crippen LogP contribution is 2.08. The van der Waals surface area contributed by atoms with Crippen LogP contribution in [0.2, 0.25) is 0 Å². The Kier molecular flexibility index (Phi) is 4.10. The van der Waals surface area contributed by atoms with Crippen LogP contribution < -0.4 is 5.73 Å². The standard InChI is InChI=1S/C10H13NO3/c11-5-8-3-1-2-4-9(8)6-14-7-10(12)13/h1-4H,5-7,11H2,(H,12,13). The number of rotatable bonds is 5. The molecule has 0 bridgehead atoms. The van der Waals surface area contributed by atoms with Crippen LogP contribution >= 0.6 is 0 Å². The summed E-state index contributed by atoms with van der Waals surface area (Å²) in [5, 5.41) is 8.37. The molecular formula is C10H13NO3. The Morgan fingerprint density at radius 2 is 2.00 bits per heavy atom. The van der Waals surface area contributed by atoms with Crippen LogP contribution in [0.1, 0.15) is 11.1 Å². The van der Waals surface area contributed by atoms with E-state index >= 15 is 0 Å². The number of carboxylic acids is 1. The van der Waals surface area contributed by atoms with E-state index in [0.717, 1.165) is 11.1 Å². The number of carboxylic acid groups (broad SMARTS) is 1. The van der Waals surface area contributed by atoms with Crippen molar-refractivity contribution in [1.82, 2.24) is 0 Å². The fourth-order valence-electron chi connectivity index (χ4n) is 1.15. The second-order valence-corrected chi connectivity index (χ2v) is 2.86. The van der Waals surface area contributed by atoms with Crippen molar-refractivity contribution in [2.45, 2.75) is 13.2 Å². The van der Waals surface area contributed by atoms with Crippen molar-refractivity contribution >= 4 is 5.97 Å². The number of nitrogens with two attached hydrogens (primary N) is 1. The Bertz CT molecular complexity index is 312. The second kappa shape index (κ2) is 5.36. The molecule has 0 aliphatic rings. The van der Waals surface area contributed by atoms with Crippen LogP contribution in [0, 0.1) is 0 Å². The van der Waals surface area contributed by atoms with Gasteiger partial charge in [-0.2, -0.15) is 0 Å². The van der Waals surface area contributed by atoms with Gasteiger partial charge in [0.2, 0.25) is 0 Å². The predicted octanol–water partition coefficient (Wildman–Crippen LogP) is 0.747. The van der Waals surface area contributed by atoms with Gasteiger partial charge in [-0.1, -0.05) is 24.3 Å². The van der Waals surface area contributed by atoms with E-state index in [-0.39, 0.29) is 6.61 Å². The molecule has 0 spiro atoms. The van der Waals surface area contributed by atoms with Crippen molar-refractivity contribution in [2.24, 2.45) is 5.73 Å². The van der Waals surface area contributed by atoms with Crippen molar-refractivity contribution in [3.8, 4) is 0 Å². The van der Waals surface area contributed by atoms with E-state index in [1.807, 2.05) is 24.3 Å². The van der Waals surface area contributed by atoms with Crippen LogP contribution in [-0.2, 0) is 22.7 Å². The van der Waals surface area contributed by atoms with Crippen molar-refractivity contribution in [3.63, 3.8) is 0 Å². The fourth-order valence-corrected chi connectivity index (χ4v) is 1.15. The zero-order valence-electron chi connectivity index (χ0n) is 7.77. The molecule has 14 heavy (non-hydrogen) atoms. The maximum atomic E-state index is 10.2. The average Bonchev–Trinajstić information content (AvgIpc) is 2.18. The van der Waals surface area contributed by atoms with Gasteiger partial charge in [0.15, 0.2) is 0 Å². The van der Waals surface area contributed by atoms with Crippen LogP contribution in [0.15, 0.2) is 24.3 Å². The molecule has 1 aromatic carbocycles. The van der Waals surface area contributed by atoms with E-state index in [4.69, 9.17) is 15.6 Å². The van der Waals surface area contributed by atoms with Gasteiger partial charge in [-0.3, -0.25) is 0 Å². The lowest BCUT2D eigenvalue weighted by Gasteiger charge is -2.06. The topological polar surface area (TPSA) is 72.5 Å². The maximum Gasteiger partial charge on any atom is 0.329 e. The van der Waals surface area contributed by atoms with Gasteiger partial charge in [0.1, 0.15) is 6.61 Å². The third-order valence-corrected chi connectivity index (χ3v) is 1.82. The Labute approximate surface area is 82.3 Å². The first kappa shape index (κ1) is 10.7. The highest BCUT2D eigenvalue weighted by atomic mass is 16.5. The van der Waals surface area contributed by atoms with E-state index in [2.05, 4.69) is 0 Å². The molecule has 1 rings (SSSR count). The van der Waals surface area contributed by atoms with Gasteiger partial charge in [-0.25, -0.2) is 4.79 Å². The first-order chi connectivity index (χ1) is 6.74. The maximum absolute atomic E-state index is 10.2. The summed E-state index contributed by atoms with van der Waals surface area (Å²) in [4.78, 5) is 10.2. The van der Waals surface area contributed by atoms with Crippen molar-refractivity contribution in [2.75, 3.05) is 6.61 Å². The zero-order valence-corrected chi connectivity index (χ0v) is 7.77. The number of hydrogen-bond acceptors (Lipinski definition) is 3. The van der Waals surface area contributed by atoms with Crippen molar-refractivity contribution in [1.29, 1.82) is 0 Å². The third-order valence-electron chi connectivity index (χ3n) is 1.82. The van der Waals surface area contributed by atoms with Crippen LogP contribution in [0.3, 0.4) is 0 Å². The second-order valence-electron chi connectivity index (χ2n) is 2.86. The first-order valence-corrected chi connectivity index (χ1v) is 4.30. The molecule has 4 heteroatoms. The minimum Gasteiger partial charge on any atom is -0.480 e. The van der Waals surface area contributed by atoms with Gasteiger partial charge in [0.25, 0.3) is 0 Å². The average molecular weight is 195 g/mol. The van der Waals surface area contributed by atoms with E-state index in [0.29, 0.717) is 13.2 Å². The highest BCUT2D eigenvalue weighted by molar-refractivity contribution is 5.67. The molecule has 0 saturated carbocycles. The minimum atomic E-state index is -0.963. The summed E-state index contributed by atoms with van der Waals surface area (Å²) in [5.74, 6) is -0.963. The van der Waals surface area contributed by atoms with Gasteiger partial charge in [-0.05, 0) is 11.1 Å². The number of ether oxygens (including phenoxy) is 1. The van der Waals surface area contributed by atoms with Crippen LogP contribution in [-0.4, -0.2) is 17.7 Å². The fraction of sp³-hybridized carbons (Fsp3) is 0.300. The molecule has 0 aliphatic carbocycles. The lowest BCUT2D eigenvalue weighted by molar-refractivity contribution is -0.142. The molecule has 76 valence electrons. The van der Waals surface area contributed by atoms with E-state index in [9.17, 15) is 4.79 Å². The summed E-state index contributed by atoms with van der Waals surface area (Å²) in [6.45, 7) is 0.450. The smallest absolute Gasteiger partial charge is 0.329 e. The molecular weight excluding hydrogens is 182 g/mol. The van der Waals surface area contributed by atoms with Crippen LogP contribution in [0.25, 0.3) is 0 Å². The molecule has 0 aromatic heterocycles. The molecule has 0 heterocycles. The van der Waals surface area contributed by atoms with Gasteiger partial charge in [0, 0.05) is 6.54 Å². The lowest BCUT2D eigenvalue weighted by atomic mass is 10.1. The Morgan fingerprint density at radius 3 is 2.57 bits per heavy atom. The van der Waals surface area contributed by atoms with E-state index < -0.39 is 5.97 Å². The molecule has 0 amide bonds. The van der Waals surface area contributed by atoms with Gasteiger partial charge < -0.3 is 15.6 Å². The normalized spacial score (nSPS) is 10.1. The summed E-state index contributed by atoms with van der Waals surface area (Å²) >= 11 is 0. The van der Waals surface area contributed by atoms with Crippen LogP contribution in [0.4, 0.5) is 0 Å². The quantitative estimate of drug-likeness (QED) is 0.727. The molecule has 3 N–H and O–H groups in total. The predicted molar refractivity (Wildman–Crippen MR) is 51.6 cm³/mol. The molecule has 0 radical (unpaired) electrons. The SMILES string of the molecule is NCc1ccccc1COCC(=O)O. The monoisotopic (exact) mass is 195 g/mol. The molecule has 0 saturated heterocycles.